The number of rotatable bonds is 4. The van der Waals surface area contributed by atoms with Crippen molar-refractivity contribution >= 4 is 29.4 Å². The smallest absolute Gasteiger partial charge is 0.325 e. The number of aryl methyl sites for hydroxylation is 1. The number of imide groups is 1. The minimum Gasteiger partial charge on any atom is -0.350 e. The molecule has 1 saturated heterocycles. The molecule has 2 N–H and O–H groups in total. The molecule has 1 aliphatic heterocycles. The number of urea groups is 1. The average molecular weight is 384 g/mol. The molecule has 138 valence electrons. The Morgan fingerprint density at radius 1 is 1.15 bits per heavy atom. The highest BCUT2D eigenvalue weighted by molar-refractivity contribution is 6.31. The van der Waals surface area contributed by atoms with Crippen molar-refractivity contribution in [3.63, 3.8) is 0 Å². The van der Waals surface area contributed by atoms with Gasteiger partial charge in [-0.15, -0.1) is 0 Å². The highest BCUT2D eigenvalue weighted by Gasteiger charge is 2.55. The molecule has 0 radical (unpaired) electrons. The molecule has 2 aromatic rings. The molecule has 1 fully saturated rings. The second-order valence-electron chi connectivity index (χ2n) is 6.75. The van der Waals surface area contributed by atoms with E-state index < -0.39 is 17.5 Å². The number of nitrogens with one attached hydrogen (secondary N) is 2. The molecule has 0 saturated carbocycles. The lowest BCUT2D eigenvalue weighted by molar-refractivity contribution is -0.135. The van der Waals surface area contributed by atoms with Gasteiger partial charge in [-0.2, -0.15) is 0 Å². The van der Waals surface area contributed by atoms with Crippen molar-refractivity contribution in [3.05, 3.63) is 70.2 Å². The summed E-state index contributed by atoms with van der Waals surface area (Å²) in [4.78, 5) is 38.7. The van der Waals surface area contributed by atoms with E-state index in [1.54, 1.807) is 18.2 Å². The Labute approximate surface area is 161 Å². The van der Waals surface area contributed by atoms with Gasteiger partial charge >= 0.3 is 6.03 Å². The van der Waals surface area contributed by atoms with Crippen LogP contribution in [0.15, 0.2) is 48.5 Å². The molecule has 2 aromatic carbocycles. The molecule has 1 spiro atoms. The first kappa shape index (κ1) is 17.5. The van der Waals surface area contributed by atoms with Crippen LogP contribution < -0.4 is 10.6 Å². The molecular formula is C20H18ClN3O3. The van der Waals surface area contributed by atoms with Gasteiger partial charge in [-0.1, -0.05) is 54.1 Å². The molecule has 0 aromatic heterocycles. The van der Waals surface area contributed by atoms with Crippen molar-refractivity contribution in [1.82, 2.24) is 15.5 Å². The van der Waals surface area contributed by atoms with Crippen LogP contribution in [0.5, 0.6) is 0 Å². The topological polar surface area (TPSA) is 78.5 Å². The number of fused-ring (bicyclic) bond motifs is 2. The maximum atomic E-state index is 13.0. The first-order valence-corrected chi connectivity index (χ1v) is 9.12. The Balaban J connectivity index is 1.46. The van der Waals surface area contributed by atoms with Crippen molar-refractivity contribution in [1.29, 1.82) is 0 Å². The zero-order chi connectivity index (χ0) is 19.0. The number of carbonyl (C=O) groups is 3. The van der Waals surface area contributed by atoms with Gasteiger partial charge in [0.1, 0.15) is 12.1 Å². The van der Waals surface area contributed by atoms with Crippen molar-refractivity contribution in [2.75, 3.05) is 6.54 Å². The van der Waals surface area contributed by atoms with Gasteiger partial charge in [0.2, 0.25) is 5.91 Å². The molecule has 4 amide bonds. The van der Waals surface area contributed by atoms with E-state index in [0.717, 1.165) is 28.0 Å². The van der Waals surface area contributed by atoms with Crippen LogP contribution in [0.2, 0.25) is 5.02 Å². The van der Waals surface area contributed by atoms with Crippen LogP contribution in [0.1, 0.15) is 23.1 Å². The highest BCUT2D eigenvalue weighted by Crippen LogP contribution is 2.41. The third kappa shape index (κ3) is 2.96. The number of carbonyl (C=O) groups excluding carboxylic acids is 3. The normalized spacial score (nSPS) is 20.7. The maximum absolute atomic E-state index is 13.0. The van der Waals surface area contributed by atoms with Gasteiger partial charge in [0, 0.05) is 11.6 Å². The Bertz CT molecular complexity index is 946. The molecule has 27 heavy (non-hydrogen) atoms. The molecule has 4 rings (SSSR count). The molecule has 6 nitrogen and oxygen atoms in total. The van der Waals surface area contributed by atoms with Crippen LogP contribution in [0.3, 0.4) is 0 Å². The quantitative estimate of drug-likeness (QED) is 0.795. The van der Waals surface area contributed by atoms with E-state index in [4.69, 9.17) is 11.6 Å². The van der Waals surface area contributed by atoms with Crippen molar-refractivity contribution < 1.29 is 14.4 Å². The summed E-state index contributed by atoms with van der Waals surface area (Å²) in [6, 6.07) is 14.2. The molecule has 1 atom stereocenters. The van der Waals surface area contributed by atoms with Crippen LogP contribution in [0.4, 0.5) is 4.79 Å². The van der Waals surface area contributed by atoms with Gasteiger partial charge in [0.05, 0.1) is 0 Å². The molecule has 2 aliphatic rings. The van der Waals surface area contributed by atoms with Crippen LogP contribution in [0, 0.1) is 0 Å². The summed E-state index contributed by atoms with van der Waals surface area (Å²) >= 11 is 6.07. The minimum atomic E-state index is -1.04. The lowest BCUT2D eigenvalue weighted by atomic mass is 9.92. The summed E-state index contributed by atoms with van der Waals surface area (Å²) in [7, 11) is 0. The van der Waals surface area contributed by atoms with Gasteiger partial charge in [-0.25, -0.2) is 4.79 Å². The molecule has 0 bridgehead atoms. The lowest BCUT2D eigenvalue weighted by Crippen LogP contribution is -2.43. The van der Waals surface area contributed by atoms with E-state index in [1.807, 2.05) is 30.3 Å². The van der Waals surface area contributed by atoms with E-state index in [2.05, 4.69) is 10.6 Å². The van der Waals surface area contributed by atoms with E-state index in [1.165, 1.54) is 0 Å². The number of nitrogens with zero attached hydrogens (tertiary/aromatic N) is 1. The lowest BCUT2D eigenvalue weighted by Gasteiger charge is -2.22. The van der Waals surface area contributed by atoms with E-state index >= 15 is 0 Å². The van der Waals surface area contributed by atoms with Crippen molar-refractivity contribution in [2.24, 2.45) is 0 Å². The summed E-state index contributed by atoms with van der Waals surface area (Å²) in [6.07, 6.45) is 1.23. The molecule has 0 unspecified atom stereocenters. The third-order valence-corrected chi connectivity index (χ3v) is 5.53. The predicted molar refractivity (Wildman–Crippen MR) is 100.0 cm³/mol. The monoisotopic (exact) mass is 383 g/mol. The van der Waals surface area contributed by atoms with Gasteiger partial charge in [0.25, 0.3) is 5.91 Å². The Kier molecular flexibility index (Phi) is 4.36. The Morgan fingerprint density at radius 3 is 2.70 bits per heavy atom. The zero-order valence-corrected chi connectivity index (χ0v) is 15.3. The second-order valence-corrected chi connectivity index (χ2v) is 7.16. The molecule has 1 aliphatic carbocycles. The van der Waals surface area contributed by atoms with Crippen LogP contribution in [-0.2, 0) is 28.1 Å². The van der Waals surface area contributed by atoms with Crippen molar-refractivity contribution in [3.8, 4) is 0 Å². The average Bonchev–Trinajstić information content (AvgIpc) is 3.15. The molecular weight excluding hydrogens is 366 g/mol. The van der Waals surface area contributed by atoms with E-state index in [-0.39, 0.29) is 19.0 Å². The second kappa shape index (κ2) is 6.70. The standard InChI is InChI=1S/C20H18ClN3O3/c21-16-8-4-2-6-14(16)11-22-17(25)12-24-18(26)20(23-19(24)27)10-9-13-5-1-3-7-15(13)20/h1-8H,9-12H2,(H,22,25)(H,23,27)/t20-/m1/s1. The fraction of sp³-hybridized carbons (Fsp3) is 0.250. The number of benzene rings is 2. The summed E-state index contributed by atoms with van der Waals surface area (Å²) in [5.74, 6) is -0.785. The Hall–Kier alpha value is -2.86. The SMILES string of the molecule is O=C(CN1C(=O)N[C@@]2(CCc3ccccc32)C1=O)NCc1ccccc1Cl. The van der Waals surface area contributed by atoms with Crippen LogP contribution in [-0.4, -0.2) is 29.3 Å². The van der Waals surface area contributed by atoms with Crippen molar-refractivity contribution in [2.45, 2.75) is 24.9 Å². The Morgan fingerprint density at radius 2 is 1.89 bits per heavy atom. The number of amides is 4. The highest BCUT2D eigenvalue weighted by atomic mass is 35.5. The first-order chi connectivity index (χ1) is 13.0. The summed E-state index contributed by atoms with van der Waals surface area (Å²) < 4.78 is 0. The molecule has 1 heterocycles. The van der Waals surface area contributed by atoms with Gasteiger partial charge in [0.15, 0.2) is 0 Å². The van der Waals surface area contributed by atoms with Gasteiger partial charge in [-0.3, -0.25) is 14.5 Å². The first-order valence-electron chi connectivity index (χ1n) is 8.74. The largest absolute Gasteiger partial charge is 0.350 e. The predicted octanol–water partition coefficient (Wildman–Crippen LogP) is 2.35. The summed E-state index contributed by atoms with van der Waals surface area (Å²) in [5, 5.41) is 6.07. The van der Waals surface area contributed by atoms with E-state index in [0.29, 0.717) is 11.4 Å². The minimum absolute atomic E-state index is 0.232. The third-order valence-electron chi connectivity index (χ3n) is 5.16. The van der Waals surface area contributed by atoms with Gasteiger partial charge in [-0.05, 0) is 35.6 Å². The maximum Gasteiger partial charge on any atom is 0.325 e. The summed E-state index contributed by atoms with van der Waals surface area (Å²) in [5.41, 5.74) is 1.60. The van der Waals surface area contributed by atoms with E-state index in [9.17, 15) is 14.4 Å². The fourth-order valence-corrected chi connectivity index (χ4v) is 3.97. The number of halogens is 1. The number of hydrogen-bond acceptors (Lipinski definition) is 3. The fourth-order valence-electron chi connectivity index (χ4n) is 3.77. The zero-order valence-electron chi connectivity index (χ0n) is 14.5. The molecule has 7 heteroatoms. The van der Waals surface area contributed by atoms with Gasteiger partial charge < -0.3 is 10.6 Å². The summed E-state index contributed by atoms with van der Waals surface area (Å²) in [6.45, 7) is -0.0881. The number of hydrogen-bond donors (Lipinski definition) is 2. The van der Waals surface area contributed by atoms with Crippen LogP contribution in [0.25, 0.3) is 0 Å². The van der Waals surface area contributed by atoms with Crippen LogP contribution >= 0.6 is 11.6 Å².